The van der Waals surface area contributed by atoms with Crippen LogP contribution in [0.2, 0.25) is 5.02 Å². The number of carbonyl (C=O) groups is 2. The lowest BCUT2D eigenvalue weighted by atomic mass is 9.77. The molecule has 1 heterocycles. The Balaban J connectivity index is 2.23. The number of esters is 2. The van der Waals surface area contributed by atoms with Gasteiger partial charge in [0.15, 0.2) is 0 Å². The number of hydrogen-bond donors (Lipinski definition) is 1. The summed E-state index contributed by atoms with van der Waals surface area (Å²) in [4.78, 5) is 25.5. The van der Waals surface area contributed by atoms with Crippen LogP contribution in [0, 0.1) is 0 Å². The second-order valence-electron chi connectivity index (χ2n) is 7.11. The molecule has 0 aromatic heterocycles. The van der Waals surface area contributed by atoms with E-state index in [1.807, 2.05) is 55.5 Å². The normalized spacial score (nSPS) is 16.1. The van der Waals surface area contributed by atoms with Crippen LogP contribution in [0.5, 0.6) is 0 Å². The topological polar surface area (TPSA) is 64.6 Å². The Bertz CT molecular complexity index is 1030. The number of ether oxygens (including phenoxy) is 2. The number of dihydropyridines is 1. The van der Waals surface area contributed by atoms with E-state index in [1.165, 1.54) is 0 Å². The summed E-state index contributed by atoms with van der Waals surface area (Å²) in [6, 6.07) is 17.3. The van der Waals surface area contributed by atoms with Gasteiger partial charge in [-0.2, -0.15) is 0 Å². The Labute approximate surface area is 187 Å². The van der Waals surface area contributed by atoms with Gasteiger partial charge in [0.05, 0.1) is 25.2 Å². The molecule has 1 N–H and O–H groups in total. The summed E-state index contributed by atoms with van der Waals surface area (Å²) in [7, 11) is 0. The molecule has 31 heavy (non-hydrogen) atoms. The molecule has 0 saturated carbocycles. The van der Waals surface area contributed by atoms with Crippen LogP contribution in [0.4, 0.5) is 0 Å². The van der Waals surface area contributed by atoms with Crippen LogP contribution >= 0.6 is 11.6 Å². The third kappa shape index (κ3) is 5.17. The van der Waals surface area contributed by atoms with Crippen molar-refractivity contribution >= 4 is 29.1 Å². The van der Waals surface area contributed by atoms with E-state index in [0.717, 1.165) is 22.4 Å². The van der Waals surface area contributed by atoms with Crippen molar-refractivity contribution < 1.29 is 19.1 Å². The Kier molecular flexibility index (Phi) is 7.53. The van der Waals surface area contributed by atoms with Crippen molar-refractivity contribution in [3.8, 4) is 0 Å². The van der Waals surface area contributed by atoms with Gasteiger partial charge >= 0.3 is 11.9 Å². The SMILES string of the molecule is CCOC(=O)CC1=C(C(=O)OCC)C(c2cccc(Cl)c2)C(c2ccccc2)=C(C)N1. The molecule has 1 aliphatic rings. The van der Waals surface area contributed by atoms with E-state index in [2.05, 4.69) is 5.32 Å². The van der Waals surface area contributed by atoms with Crippen LogP contribution < -0.4 is 5.32 Å². The minimum Gasteiger partial charge on any atom is -0.466 e. The smallest absolute Gasteiger partial charge is 0.336 e. The molecule has 0 radical (unpaired) electrons. The fourth-order valence-electron chi connectivity index (χ4n) is 3.86. The molecule has 2 aromatic carbocycles. The van der Waals surface area contributed by atoms with Crippen LogP contribution in [-0.2, 0) is 19.1 Å². The molecule has 0 fully saturated rings. The molecule has 6 heteroatoms. The van der Waals surface area contributed by atoms with Crippen LogP contribution in [0.3, 0.4) is 0 Å². The van der Waals surface area contributed by atoms with E-state index < -0.39 is 17.9 Å². The molecule has 0 bridgehead atoms. The van der Waals surface area contributed by atoms with Gasteiger partial charge in [-0.15, -0.1) is 0 Å². The summed E-state index contributed by atoms with van der Waals surface area (Å²) in [6.45, 7) is 5.93. The largest absolute Gasteiger partial charge is 0.466 e. The molecule has 0 aliphatic carbocycles. The van der Waals surface area contributed by atoms with E-state index in [9.17, 15) is 9.59 Å². The monoisotopic (exact) mass is 439 g/mol. The Morgan fingerprint density at radius 2 is 1.71 bits per heavy atom. The van der Waals surface area contributed by atoms with Gasteiger partial charge in [0, 0.05) is 22.3 Å². The zero-order chi connectivity index (χ0) is 22.4. The summed E-state index contributed by atoms with van der Waals surface area (Å²) in [5.41, 5.74) is 4.47. The lowest BCUT2D eigenvalue weighted by molar-refractivity contribution is -0.142. The summed E-state index contributed by atoms with van der Waals surface area (Å²) < 4.78 is 10.5. The zero-order valence-electron chi connectivity index (χ0n) is 17.9. The summed E-state index contributed by atoms with van der Waals surface area (Å²) in [6.07, 6.45) is -0.0571. The van der Waals surface area contributed by atoms with Crippen molar-refractivity contribution in [3.63, 3.8) is 0 Å². The molecule has 1 aliphatic heterocycles. The lowest BCUT2D eigenvalue weighted by Crippen LogP contribution is -2.31. The molecule has 1 atom stereocenters. The van der Waals surface area contributed by atoms with E-state index in [1.54, 1.807) is 19.9 Å². The second kappa shape index (κ2) is 10.3. The molecule has 0 saturated heterocycles. The minimum absolute atomic E-state index is 0.0571. The molecule has 3 rings (SSSR count). The van der Waals surface area contributed by atoms with Gasteiger partial charge in [0.2, 0.25) is 0 Å². The highest BCUT2D eigenvalue weighted by Crippen LogP contribution is 2.44. The van der Waals surface area contributed by atoms with Gasteiger partial charge in [0.25, 0.3) is 0 Å². The number of halogens is 1. The van der Waals surface area contributed by atoms with Crippen molar-refractivity contribution in [1.29, 1.82) is 0 Å². The van der Waals surface area contributed by atoms with Crippen LogP contribution in [0.25, 0.3) is 5.57 Å². The first-order valence-corrected chi connectivity index (χ1v) is 10.7. The number of allylic oxidation sites excluding steroid dienone is 2. The minimum atomic E-state index is -0.472. The van der Waals surface area contributed by atoms with E-state index in [4.69, 9.17) is 21.1 Å². The van der Waals surface area contributed by atoms with E-state index >= 15 is 0 Å². The zero-order valence-corrected chi connectivity index (χ0v) is 18.7. The van der Waals surface area contributed by atoms with Gasteiger partial charge in [-0.05, 0) is 49.6 Å². The fraction of sp³-hybridized carbons (Fsp3) is 0.280. The maximum Gasteiger partial charge on any atom is 0.336 e. The molecule has 0 spiro atoms. The van der Waals surface area contributed by atoms with Gasteiger partial charge in [0.1, 0.15) is 0 Å². The molecule has 1 unspecified atom stereocenters. The van der Waals surface area contributed by atoms with Gasteiger partial charge in [-0.3, -0.25) is 4.79 Å². The molecule has 162 valence electrons. The van der Waals surface area contributed by atoms with Gasteiger partial charge < -0.3 is 14.8 Å². The van der Waals surface area contributed by atoms with Crippen molar-refractivity contribution in [2.45, 2.75) is 33.1 Å². The van der Waals surface area contributed by atoms with Gasteiger partial charge in [-0.25, -0.2) is 4.79 Å². The summed E-state index contributed by atoms with van der Waals surface area (Å²) >= 11 is 6.31. The Morgan fingerprint density at radius 3 is 2.35 bits per heavy atom. The quantitative estimate of drug-likeness (QED) is 0.598. The number of nitrogens with one attached hydrogen (secondary N) is 1. The fourth-order valence-corrected chi connectivity index (χ4v) is 4.06. The van der Waals surface area contributed by atoms with Crippen LogP contribution in [-0.4, -0.2) is 25.2 Å². The lowest BCUT2D eigenvalue weighted by Gasteiger charge is -2.33. The van der Waals surface area contributed by atoms with Crippen molar-refractivity contribution in [1.82, 2.24) is 5.32 Å². The van der Waals surface area contributed by atoms with E-state index in [0.29, 0.717) is 16.3 Å². The Hall–Kier alpha value is -3.05. The first-order chi connectivity index (χ1) is 15.0. The second-order valence-corrected chi connectivity index (χ2v) is 7.55. The maximum absolute atomic E-state index is 13.2. The number of hydrogen-bond acceptors (Lipinski definition) is 5. The van der Waals surface area contributed by atoms with Crippen molar-refractivity contribution in [2.24, 2.45) is 0 Å². The average Bonchev–Trinajstić information content (AvgIpc) is 2.74. The molecular weight excluding hydrogens is 414 g/mol. The highest BCUT2D eigenvalue weighted by molar-refractivity contribution is 6.30. The predicted molar refractivity (Wildman–Crippen MR) is 121 cm³/mol. The van der Waals surface area contributed by atoms with E-state index in [-0.39, 0.29) is 19.6 Å². The van der Waals surface area contributed by atoms with Crippen molar-refractivity contribution in [3.05, 3.63) is 87.7 Å². The molecule has 2 aromatic rings. The van der Waals surface area contributed by atoms with Gasteiger partial charge in [-0.1, -0.05) is 54.1 Å². The Morgan fingerprint density at radius 1 is 1.00 bits per heavy atom. The third-order valence-corrected chi connectivity index (χ3v) is 5.27. The standard InChI is InChI=1S/C25H26ClNO4/c1-4-30-21(28)15-20-24(25(29)31-5-2)23(18-12-9-13-19(26)14-18)22(16(3)27-20)17-10-7-6-8-11-17/h6-14,23,27H,4-5,15H2,1-3H3. The highest BCUT2D eigenvalue weighted by atomic mass is 35.5. The third-order valence-electron chi connectivity index (χ3n) is 5.03. The first-order valence-electron chi connectivity index (χ1n) is 10.3. The maximum atomic E-state index is 13.2. The summed E-state index contributed by atoms with van der Waals surface area (Å²) in [5.74, 6) is -1.33. The highest BCUT2D eigenvalue weighted by Gasteiger charge is 2.36. The number of rotatable bonds is 7. The first kappa shape index (κ1) is 22.6. The number of carbonyl (C=O) groups excluding carboxylic acids is 2. The van der Waals surface area contributed by atoms with Crippen molar-refractivity contribution in [2.75, 3.05) is 13.2 Å². The van der Waals surface area contributed by atoms with Crippen LogP contribution in [0.15, 0.2) is 71.6 Å². The average molecular weight is 440 g/mol. The van der Waals surface area contributed by atoms with Crippen LogP contribution in [0.1, 0.15) is 44.2 Å². The summed E-state index contributed by atoms with van der Waals surface area (Å²) in [5, 5.41) is 3.85. The molecular formula is C25H26ClNO4. The molecule has 0 amide bonds. The number of benzene rings is 2. The predicted octanol–water partition coefficient (Wildman–Crippen LogP) is 5.23. The molecule has 5 nitrogen and oxygen atoms in total.